The molecule has 0 N–H and O–H groups in total. The maximum Gasteiger partial charge on any atom is 0.410 e. The highest BCUT2D eigenvalue weighted by molar-refractivity contribution is 5.89. The van der Waals surface area contributed by atoms with Crippen molar-refractivity contribution in [3.8, 4) is 22.8 Å². The van der Waals surface area contributed by atoms with Gasteiger partial charge in [0.25, 0.3) is 0 Å². The van der Waals surface area contributed by atoms with Crippen molar-refractivity contribution >= 4 is 18.0 Å². The molecule has 1 aromatic heterocycles. The molecule has 1 fully saturated rings. The van der Waals surface area contributed by atoms with Gasteiger partial charge < -0.3 is 33.2 Å². The summed E-state index contributed by atoms with van der Waals surface area (Å²) in [6.07, 6.45) is 3.84. The number of piperazine rings is 1. The van der Waals surface area contributed by atoms with E-state index in [9.17, 15) is 19.2 Å². The van der Waals surface area contributed by atoms with Gasteiger partial charge in [0.1, 0.15) is 16.8 Å². The average Bonchev–Trinajstić information content (AvgIpc) is 3.05. The standard InChI is InChI=1S/C41H61N3O9/c1-12-50-37(47)30-26-44-31(25-32(30)45)29-24-33(49-11)34(22-28(29)23-35(44)39(2,3)4)51-21-13-14-27(36(46)52-40(5,6)7)15-16-42-17-19-43(20-18-42)38(48)53-41(8,9)10/h22,24-27,35H,12-21,23H2,1-11H3. The lowest BCUT2D eigenvalue weighted by molar-refractivity contribution is -0.160. The smallest absolute Gasteiger partial charge is 0.410 e. The van der Waals surface area contributed by atoms with Crippen LogP contribution in [0.1, 0.15) is 110 Å². The number of ether oxygens (including phenoxy) is 5. The zero-order valence-electron chi connectivity index (χ0n) is 33.8. The van der Waals surface area contributed by atoms with Crippen molar-refractivity contribution in [1.29, 1.82) is 0 Å². The lowest BCUT2D eigenvalue weighted by Crippen LogP contribution is -2.50. The Morgan fingerprint density at radius 3 is 2.11 bits per heavy atom. The fourth-order valence-corrected chi connectivity index (χ4v) is 6.79. The summed E-state index contributed by atoms with van der Waals surface area (Å²) in [7, 11) is 1.58. The highest BCUT2D eigenvalue weighted by Gasteiger charge is 2.35. The van der Waals surface area contributed by atoms with Crippen molar-refractivity contribution in [1.82, 2.24) is 14.4 Å². The van der Waals surface area contributed by atoms with E-state index in [1.54, 1.807) is 25.1 Å². The van der Waals surface area contributed by atoms with E-state index in [0.717, 1.165) is 11.1 Å². The minimum absolute atomic E-state index is 0.0191. The summed E-state index contributed by atoms with van der Waals surface area (Å²) in [4.78, 5) is 55.6. The van der Waals surface area contributed by atoms with Crippen LogP contribution >= 0.6 is 0 Å². The number of hydrogen-bond acceptors (Lipinski definition) is 10. The Balaban J connectivity index is 1.45. The van der Waals surface area contributed by atoms with E-state index in [1.165, 1.54) is 6.07 Å². The molecule has 0 aliphatic carbocycles. The molecule has 4 rings (SSSR count). The van der Waals surface area contributed by atoms with Crippen molar-refractivity contribution < 1.29 is 38.1 Å². The lowest BCUT2D eigenvalue weighted by atomic mass is 9.78. The minimum Gasteiger partial charge on any atom is -0.493 e. The van der Waals surface area contributed by atoms with E-state index in [-0.39, 0.29) is 41.6 Å². The molecule has 3 heterocycles. The monoisotopic (exact) mass is 739 g/mol. The molecule has 12 nitrogen and oxygen atoms in total. The lowest BCUT2D eigenvalue weighted by Gasteiger charge is -2.39. The largest absolute Gasteiger partial charge is 0.493 e. The highest BCUT2D eigenvalue weighted by atomic mass is 16.6. The normalized spacial score (nSPS) is 17.0. The minimum atomic E-state index is -0.625. The first-order chi connectivity index (χ1) is 24.7. The maximum atomic E-state index is 13.3. The third kappa shape index (κ3) is 11.2. The van der Waals surface area contributed by atoms with Crippen molar-refractivity contribution in [2.24, 2.45) is 11.3 Å². The topological polar surface area (TPSA) is 126 Å². The second-order valence-electron chi connectivity index (χ2n) is 17.1. The number of pyridine rings is 1. The van der Waals surface area contributed by atoms with Crippen LogP contribution in [-0.2, 0) is 25.4 Å². The Bertz CT molecular complexity index is 1670. The van der Waals surface area contributed by atoms with Gasteiger partial charge in [-0.2, -0.15) is 0 Å². The predicted molar refractivity (Wildman–Crippen MR) is 204 cm³/mol. The van der Waals surface area contributed by atoms with Gasteiger partial charge in [0, 0.05) is 50.0 Å². The van der Waals surface area contributed by atoms with Crippen LogP contribution in [0.25, 0.3) is 11.3 Å². The summed E-state index contributed by atoms with van der Waals surface area (Å²) in [6.45, 7) is 23.2. The Morgan fingerprint density at radius 2 is 1.53 bits per heavy atom. The summed E-state index contributed by atoms with van der Waals surface area (Å²) in [5, 5.41) is 0. The summed E-state index contributed by atoms with van der Waals surface area (Å²) in [5.74, 6) is -0.0340. The molecule has 0 saturated carbocycles. The molecule has 2 aliphatic rings. The molecule has 1 saturated heterocycles. The maximum absolute atomic E-state index is 13.3. The Labute approximate surface area is 315 Å². The predicted octanol–water partition coefficient (Wildman–Crippen LogP) is 6.90. The van der Waals surface area contributed by atoms with E-state index < -0.39 is 22.6 Å². The molecule has 53 heavy (non-hydrogen) atoms. The second-order valence-corrected chi connectivity index (χ2v) is 17.1. The van der Waals surface area contributed by atoms with Crippen molar-refractivity contribution in [2.75, 3.05) is 53.0 Å². The highest BCUT2D eigenvalue weighted by Crippen LogP contribution is 2.45. The van der Waals surface area contributed by atoms with E-state index >= 15 is 0 Å². The third-order valence-electron chi connectivity index (χ3n) is 9.50. The van der Waals surface area contributed by atoms with Gasteiger partial charge in [-0.15, -0.1) is 0 Å². The van der Waals surface area contributed by atoms with Gasteiger partial charge >= 0.3 is 18.0 Å². The molecule has 0 bridgehead atoms. The molecule has 294 valence electrons. The fourth-order valence-electron chi connectivity index (χ4n) is 6.79. The molecule has 1 amide bonds. The van der Waals surface area contributed by atoms with Crippen molar-refractivity contribution in [3.63, 3.8) is 0 Å². The summed E-state index contributed by atoms with van der Waals surface area (Å²) in [5.41, 5.74) is 0.864. The van der Waals surface area contributed by atoms with Crippen molar-refractivity contribution in [2.45, 2.75) is 112 Å². The number of hydrogen-bond donors (Lipinski definition) is 0. The fraction of sp³-hybridized carbons (Fsp3) is 0.659. The molecule has 2 aromatic rings. The molecule has 12 heteroatoms. The Hall–Kier alpha value is -4.06. The molecule has 1 aromatic carbocycles. The number of methoxy groups -OCH3 is 1. The second kappa shape index (κ2) is 17.0. The third-order valence-corrected chi connectivity index (χ3v) is 9.50. The van der Waals surface area contributed by atoms with Crippen LogP contribution in [0.3, 0.4) is 0 Å². The molecule has 2 aliphatic heterocycles. The summed E-state index contributed by atoms with van der Waals surface area (Å²) in [6, 6.07) is 5.35. The zero-order valence-corrected chi connectivity index (χ0v) is 33.8. The van der Waals surface area contributed by atoms with Crippen LogP contribution in [-0.4, -0.2) is 96.6 Å². The van der Waals surface area contributed by atoms with Gasteiger partial charge in [0.15, 0.2) is 16.9 Å². The number of nitrogens with zero attached hydrogens (tertiary/aromatic N) is 3. The average molecular weight is 740 g/mol. The summed E-state index contributed by atoms with van der Waals surface area (Å²) < 4.78 is 30.6. The quantitative estimate of drug-likeness (QED) is 0.129. The van der Waals surface area contributed by atoms with Crippen LogP contribution in [0.4, 0.5) is 4.79 Å². The molecule has 2 atom stereocenters. The van der Waals surface area contributed by atoms with Crippen LogP contribution in [0.15, 0.2) is 29.2 Å². The molecule has 0 spiro atoms. The van der Waals surface area contributed by atoms with Gasteiger partial charge in [0.2, 0.25) is 0 Å². The van der Waals surface area contributed by atoms with E-state index in [4.69, 9.17) is 23.7 Å². The van der Waals surface area contributed by atoms with Gasteiger partial charge in [0.05, 0.1) is 31.9 Å². The first-order valence-corrected chi connectivity index (χ1v) is 18.9. The number of rotatable bonds is 12. The number of amides is 1. The van der Waals surface area contributed by atoms with Gasteiger partial charge in [-0.25, -0.2) is 9.59 Å². The first kappa shape index (κ1) is 41.7. The number of carbonyl (C=O) groups is 3. The van der Waals surface area contributed by atoms with Gasteiger partial charge in [-0.3, -0.25) is 14.5 Å². The summed E-state index contributed by atoms with van der Waals surface area (Å²) >= 11 is 0. The number of esters is 2. The number of fused-ring (bicyclic) bond motifs is 3. The van der Waals surface area contributed by atoms with E-state index in [2.05, 4.69) is 25.7 Å². The van der Waals surface area contributed by atoms with Crippen LogP contribution < -0.4 is 14.9 Å². The van der Waals surface area contributed by atoms with Crippen LogP contribution in [0, 0.1) is 11.3 Å². The number of aromatic nitrogens is 1. The number of benzene rings is 1. The van der Waals surface area contributed by atoms with E-state index in [1.807, 2.05) is 58.2 Å². The first-order valence-electron chi connectivity index (χ1n) is 18.9. The Kier molecular flexibility index (Phi) is 13.3. The van der Waals surface area contributed by atoms with Gasteiger partial charge in [-0.1, -0.05) is 20.8 Å². The Morgan fingerprint density at radius 1 is 0.868 bits per heavy atom. The molecule has 2 unspecified atom stereocenters. The van der Waals surface area contributed by atoms with Gasteiger partial charge in [-0.05, 0) is 104 Å². The molecular weight excluding hydrogens is 678 g/mol. The van der Waals surface area contributed by atoms with Crippen LogP contribution in [0.2, 0.25) is 0 Å². The SMILES string of the molecule is CCOC(=O)c1cn2c(cc1=O)-c1cc(OC)c(OCCCC(CCN3CCN(C(=O)OC(C)(C)C)CC3)C(=O)OC(C)(C)C)cc1CC2C(C)(C)C. The molecule has 0 radical (unpaired) electrons. The van der Waals surface area contributed by atoms with Crippen LogP contribution in [0.5, 0.6) is 11.5 Å². The zero-order chi connectivity index (χ0) is 39.3. The number of carbonyl (C=O) groups excluding carboxylic acids is 3. The van der Waals surface area contributed by atoms with E-state index in [0.29, 0.717) is 82.2 Å². The van der Waals surface area contributed by atoms with Crippen molar-refractivity contribution in [3.05, 3.63) is 45.7 Å². The molecular formula is C41H61N3O9.